The minimum Gasteiger partial charge on any atom is -0.340 e. The molecule has 1 aliphatic carbocycles. The van der Waals surface area contributed by atoms with Crippen LogP contribution in [0.2, 0.25) is 0 Å². The lowest BCUT2D eigenvalue weighted by molar-refractivity contribution is -0.135. The fraction of sp³-hybridized carbons (Fsp3) is 0.618. The Morgan fingerprint density at radius 1 is 1.02 bits per heavy atom. The lowest BCUT2D eigenvalue weighted by atomic mass is 9.93. The molecule has 0 unspecified atom stereocenters. The number of nitrogens with zero attached hydrogens (tertiary/aromatic N) is 4. The van der Waals surface area contributed by atoms with Crippen molar-refractivity contribution < 1.29 is 9.59 Å². The van der Waals surface area contributed by atoms with Gasteiger partial charge in [0.15, 0.2) is 0 Å². The summed E-state index contributed by atoms with van der Waals surface area (Å²) < 4.78 is 2.37. The second-order valence-electron chi connectivity index (χ2n) is 12.6. The Bertz CT molecular complexity index is 1320. The van der Waals surface area contributed by atoms with Crippen LogP contribution in [0.4, 0.5) is 0 Å². The molecule has 5 rings (SSSR count). The van der Waals surface area contributed by atoms with E-state index in [-0.39, 0.29) is 11.8 Å². The van der Waals surface area contributed by atoms with Crippen LogP contribution in [-0.4, -0.2) is 69.4 Å². The number of thiophene rings is 1. The summed E-state index contributed by atoms with van der Waals surface area (Å²) in [6.45, 7) is 12.0. The molecule has 1 saturated heterocycles. The fourth-order valence-corrected chi connectivity index (χ4v) is 7.65. The van der Waals surface area contributed by atoms with Crippen LogP contribution < -0.4 is 5.32 Å². The quantitative estimate of drug-likeness (QED) is 0.270. The number of carbonyl (C=O) groups excluding carboxylic acids is 2. The minimum absolute atomic E-state index is 0.0534. The molecule has 42 heavy (non-hydrogen) atoms. The van der Waals surface area contributed by atoms with Crippen molar-refractivity contribution >= 4 is 34.2 Å². The van der Waals surface area contributed by atoms with Gasteiger partial charge in [-0.3, -0.25) is 14.5 Å². The van der Waals surface area contributed by atoms with Gasteiger partial charge in [-0.2, -0.15) is 0 Å². The number of imidazole rings is 1. The van der Waals surface area contributed by atoms with Crippen molar-refractivity contribution in [2.24, 2.45) is 5.92 Å². The van der Waals surface area contributed by atoms with E-state index >= 15 is 0 Å². The second-order valence-corrected chi connectivity index (χ2v) is 13.7. The van der Waals surface area contributed by atoms with Crippen molar-refractivity contribution in [2.75, 3.05) is 26.2 Å². The Kier molecular flexibility index (Phi) is 10.4. The molecule has 2 aliphatic rings. The Balaban J connectivity index is 1.31. The summed E-state index contributed by atoms with van der Waals surface area (Å²) in [5.41, 5.74) is 2.46. The highest BCUT2D eigenvalue weighted by Gasteiger charge is 2.32. The van der Waals surface area contributed by atoms with Gasteiger partial charge in [-0.15, -0.1) is 11.3 Å². The highest BCUT2D eigenvalue weighted by molar-refractivity contribution is 7.09. The van der Waals surface area contributed by atoms with Gasteiger partial charge in [0.25, 0.3) is 5.91 Å². The normalized spacial score (nSPS) is 17.8. The molecule has 0 bridgehead atoms. The van der Waals surface area contributed by atoms with Gasteiger partial charge in [-0.25, -0.2) is 4.98 Å². The summed E-state index contributed by atoms with van der Waals surface area (Å²) in [4.78, 5) is 38.2. The minimum atomic E-state index is -0.522. The van der Waals surface area contributed by atoms with Gasteiger partial charge in [0.05, 0.1) is 11.0 Å². The van der Waals surface area contributed by atoms with Crippen LogP contribution in [-0.2, 0) is 11.2 Å². The Morgan fingerprint density at radius 3 is 2.40 bits per heavy atom. The zero-order chi connectivity index (χ0) is 29.6. The Morgan fingerprint density at radius 2 is 1.76 bits per heavy atom. The van der Waals surface area contributed by atoms with E-state index < -0.39 is 6.04 Å². The maximum Gasteiger partial charge on any atom is 0.252 e. The van der Waals surface area contributed by atoms with Crippen LogP contribution in [0.1, 0.15) is 106 Å². The number of hydrogen-bond acceptors (Lipinski definition) is 5. The van der Waals surface area contributed by atoms with E-state index in [1.165, 1.54) is 37.0 Å². The third-order valence-electron chi connectivity index (χ3n) is 9.27. The van der Waals surface area contributed by atoms with Gasteiger partial charge >= 0.3 is 0 Å². The summed E-state index contributed by atoms with van der Waals surface area (Å²) in [5, 5.41) is 5.23. The lowest BCUT2D eigenvalue weighted by Crippen LogP contribution is -2.56. The van der Waals surface area contributed by atoms with E-state index in [0.29, 0.717) is 30.0 Å². The number of benzene rings is 1. The molecule has 1 saturated carbocycles. The van der Waals surface area contributed by atoms with Crippen LogP contribution in [0.3, 0.4) is 0 Å². The predicted octanol–water partition coefficient (Wildman–Crippen LogP) is 6.67. The molecule has 2 aromatic heterocycles. The number of fused-ring (bicyclic) bond motifs is 1. The maximum absolute atomic E-state index is 13.7. The summed E-state index contributed by atoms with van der Waals surface area (Å²) in [6, 6.07) is 10.6. The topological polar surface area (TPSA) is 70.5 Å². The Hall–Kier alpha value is -2.71. The molecule has 1 atom stereocenters. The fourth-order valence-electron chi connectivity index (χ4n) is 6.95. The number of hydrogen-bond donors (Lipinski definition) is 1. The summed E-state index contributed by atoms with van der Waals surface area (Å²) in [6.07, 6.45) is 10.0. The molecule has 3 heterocycles. The van der Waals surface area contributed by atoms with Gasteiger partial charge < -0.3 is 14.8 Å². The number of carbonyl (C=O) groups is 2. The molecular formula is C34H49N5O2S. The van der Waals surface area contributed by atoms with Crippen molar-refractivity contribution in [2.45, 2.75) is 104 Å². The molecular weight excluding hydrogens is 542 g/mol. The van der Waals surface area contributed by atoms with E-state index in [1.807, 2.05) is 23.1 Å². The number of rotatable bonds is 11. The number of amides is 2. The average molecular weight is 592 g/mol. The number of piperazine rings is 1. The molecule has 8 heteroatoms. The van der Waals surface area contributed by atoms with Crippen LogP contribution >= 0.6 is 11.3 Å². The summed E-state index contributed by atoms with van der Waals surface area (Å²) >= 11 is 1.75. The molecule has 2 amide bonds. The molecule has 3 aromatic rings. The molecule has 1 aliphatic heterocycles. The molecule has 228 valence electrons. The van der Waals surface area contributed by atoms with E-state index in [1.54, 1.807) is 11.3 Å². The highest BCUT2D eigenvalue weighted by atomic mass is 32.1. The van der Waals surface area contributed by atoms with E-state index in [2.05, 4.69) is 60.0 Å². The molecule has 1 N–H and O–H groups in total. The zero-order valence-corrected chi connectivity index (χ0v) is 26.8. The first-order chi connectivity index (χ1) is 20.4. The SMILES string of the molecule is CCC(CC)n1c(Cc2cccs2)nc2cc(C(=O)N[C@@H](CC(C)C)C(=O)N3CCN(C4CCCCC4)CC3)ccc21. The summed E-state index contributed by atoms with van der Waals surface area (Å²) in [5.74, 6) is 1.19. The van der Waals surface area contributed by atoms with Gasteiger partial charge in [0, 0.05) is 55.1 Å². The van der Waals surface area contributed by atoms with E-state index in [0.717, 1.165) is 62.3 Å². The lowest BCUT2D eigenvalue weighted by Gasteiger charge is -2.41. The van der Waals surface area contributed by atoms with Crippen LogP contribution in [0.25, 0.3) is 11.0 Å². The predicted molar refractivity (Wildman–Crippen MR) is 172 cm³/mol. The first-order valence-corrected chi connectivity index (χ1v) is 17.1. The molecule has 1 aromatic carbocycles. The zero-order valence-electron chi connectivity index (χ0n) is 26.0. The summed E-state index contributed by atoms with van der Waals surface area (Å²) in [7, 11) is 0. The third kappa shape index (κ3) is 7.08. The van der Waals surface area contributed by atoms with Crippen molar-refractivity contribution in [1.29, 1.82) is 0 Å². The van der Waals surface area contributed by atoms with Crippen molar-refractivity contribution in [3.8, 4) is 0 Å². The van der Waals surface area contributed by atoms with Gasteiger partial charge in [0.2, 0.25) is 5.91 Å². The largest absolute Gasteiger partial charge is 0.340 e. The van der Waals surface area contributed by atoms with Crippen LogP contribution in [0.15, 0.2) is 35.7 Å². The average Bonchev–Trinajstić information content (AvgIpc) is 3.65. The van der Waals surface area contributed by atoms with Gasteiger partial charge in [-0.1, -0.05) is 53.0 Å². The van der Waals surface area contributed by atoms with Crippen LogP contribution in [0, 0.1) is 5.92 Å². The first-order valence-electron chi connectivity index (χ1n) is 16.2. The van der Waals surface area contributed by atoms with Crippen molar-refractivity contribution in [3.05, 3.63) is 52.0 Å². The molecule has 0 radical (unpaired) electrons. The molecule has 0 spiro atoms. The second kappa shape index (κ2) is 14.2. The van der Waals surface area contributed by atoms with Crippen molar-refractivity contribution in [1.82, 2.24) is 24.7 Å². The van der Waals surface area contributed by atoms with Crippen LogP contribution in [0.5, 0.6) is 0 Å². The Labute approximate surface area is 255 Å². The number of aromatic nitrogens is 2. The third-order valence-corrected chi connectivity index (χ3v) is 10.1. The molecule has 7 nitrogen and oxygen atoms in total. The van der Waals surface area contributed by atoms with E-state index in [9.17, 15) is 9.59 Å². The maximum atomic E-state index is 13.7. The van der Waals surface area contributed by atoms with Gasteiger partial charge in [-0.05, 0) is 67.7 Å². The standard InChI is InChI=1S/C34H49N5O2S/c1-5-26(6-2)39-31-15-14-25(22-29(31)35-32(39)23-28-13-10-20-42-28)33(40)36-30(21-24(3)4)34(41)38-18-16-37(17-19-38)27-11-8-7-9-12-27/h10,13-15,20,22,24,26-27,30H,5-9,11-12,16-19,21,23H2,1-4H3,(H,36,40)/t30-/m0/s1. The highest BCUT2D eigenvalue weighted by Crippen LogP contribution is 2.29. The smallest absolute Gasteiger partial charge is 0.252 e. The first kappa shape index (κ1) is 30.7. The monoisotopic (exact) mass is 591 g/mol. The van der Waals surface area contributed by atoms with E-state index in [4.69, 9.17) is 4.98 Å². The number of nitrogens with one attached hydrogen (secondary N) is 1. The van der Waals surface area contributed by atoms with Gasteiger partial charge in [0.1, 0.15) is 11.9 Å². The molecule has 2 fully saturated rings. The van der Waals surface area contributed by atoms with Crippen molar-refractivity contribution in [3.63, 3.8) is 0 Å².